The number of rotatable bonds is 4. The highest BCUT2D eigenvalue weighted by Crippen LogP contribution is 2.36. The second-order valence-corrected chi connectivity index (χ2v) is 5.93. The molecule has 1 aliphatic heterocycles. The Bertz CT molecular complexity index is 496. The Balaban J connectivity index is 2.38. The van der Waals surface area contributed by atoms with E-state index in [4.69, 9.17) is 5.73 Å². The fourth-order valence-electron chi connectivity index (χ4n) is 2.80. The summed E-state index contributed by atoms with van der Waals surface area (Å²) in [5.41, 5.74) is 9.17. The summed E-state index contributed by atoms with van der Waals surface area (Å²) in [6, 6.07) is 6.44. The molecule has 1 aromatic rings. The van der Waals surface area contributed by atoms with Gasteiger partial charge in [0.2, 0.25) is 5.91 Å². The third kappa shape index (κ3) is 2.38. The van der Waals surface area contributed by atoms with E-state index in [2.05, 4.69) is 31.3 Å². The number of carbonyl (C=O) groups is 1. The molecule has 4 nitrogen and oxygen atoms in total. The van der Waals surface area contributed by atoms with Crippen LogP contribution in [-0.2, 0) is 11.2 Å². The molecule has 0 spiro atoms. The predicted molar refractivity (Wildman–Crippen MR) is 78.2 cm³/mol. The average molecular weight is 261 g/mol. The number of amides is 1. The number of hydrogen-bond donors (Lipinski definition) is 2. The first kappa shape index (κ1) is 14.0. The van der Waals surface area contributed by atoms with Crippen molar-refractivity contribution in [3.05, 3.63) is 29.3 Å². The molecule has 1 heterocycles. The maximum Gasteiger partial charge on any atom is 0.231 e. The molecule has 3 N–H and O–H groups in total. The molecule has 19 heavy (non-hydrogen) atoms. The van der Waals surface area contributed by atoms with Gasteiger partial charge in [-0.25, -0.2) is 0 Å². The topological polar surface area (TPSA) is 58.4 Å². The van der Waals surface area contributed by atoms with Gasteiger partial charge >= 0.3 is 0 Å². The van der Waals surface area contributed by atoms with Gasteiger partial charge in [0, 0.05) is 18.8 Å². The minimum atomic E-state index is -0.0303. The summed E-state index contributed by atoms with van der Waals surface area (Å²) in [6.45, 7) is 4.91. The summed E-state index contributed by atoms with van der Waals surface area (Å²) in [5, 5.41) is 3.34. The van der Waals surface area contributed by atoms with E-state index < -0.39 is 0 Å². The Labute approximate surface area is 115 Å². The largest absolute Gasteiger partial charge is 0.330 e. The van der Waals surface area contributed by atoms with Crippen molar-refractivity contribution in [1.82, 2.24) is 5.32 Å². The number of likely N-dealkylation sites (N-methyl/N-ethyl adjacent to an activating group) is 1. The number of hydrogen-bond acceptors (Lipinski definition) is 3. The van der Waals surface area contributed by atoms with Crippen molar-refractivity contribution in [2.24, 2.45) is 11.1 Å². The van der Waals surface area contributed by atoms with Crippen LogP contribution in [-0.4, -0.2) is 26.5 Å². The average Bonchev–Trinajstić information content (AvgIpc) is 2.65. The van der Waals surface area contributed by atoms with E-state index in [9.17, 15) is 4.79 Å². The van der Waals surface area contributed by atoms with Gasteiger partial charge in [-0.3, -0.25) is 4.79 Å². The summed E-state index contributed by atoms with van der Waals surface area (Å²) in [4.78, 5) is 13.4. The van der Waals surface area contributed by atoms with Crippen LogP contribution in [0.3, 0.4) is 0 Å². The molecule has 2 rings (SSSR count). The molecular formula is C15H23N3O. The maximum absolute atomic E-state index is 11.7. The van der Waals surface area contributed by atoms with Crippen LogP contribution in [0.1, 0.15) is 31.0 Å². The van der Waals surface area contributed by atoms with Crippen LogP contribution in [0.25, 0.3) is 0 Å². The lowest BCUT2D eigenvalue weighted by atomic mass is 9.80. The molecule has 1 aliphatic rings. The summed E-state index contributed by atoms with van der Waals surface area (Å²) in [5.74, 6) is 0.159. The Morgan fingerprint density at radius 2 is 2.16 bits per heavy atom. The number of nitrogens with one attached hydrogen (secondary N) is 1. The molecule has 1 aromatic carbocycles. The van der Waals surface area contributed by atoms with E-state index in [-0.39, 0.29) is 17.4 Å². The molecule has 0 fully saturated rings. The molecule has 4 heteroatoms. The predicted octanol–water partition coefficient (Wildman–Crippen LogP) is 1.45. The van der Waals surface area contributed by atoms with Gasteiger partial charge < -0.3 is 16.0 Å². The van der Waals surface area contributed by atoms with E-state index in [0.29, 0.717) is 13.0 Å². The third-order valence-electron chi connectivity index (χ3n) is 4.11. The molecule has 0 radical (unpaired) electrons. The van der Waals surface area contributed by atoms with Gasteiger partial charge in [-0.05, 0) is 36.2 Å². The van der Waals surface area contributed by atoms with Crippen molar-refractivity contribution in [2.45, 2.75) is 26.3 Å². The van der Waals surface area contributed by atoms with E-state index >= 15 is 0 Å². The number of anilines is 1. The van der Waals surface area contributed by atoms with Gasteiger partial charge in [0.1, 0.15) is 0 Å². The molecular weight excluding hydrogens is 238 g/mol. The Kier molecular flexibility index (Phi) is 3.65. The van der Waals surface area contributed by atoms with Crippen LogP contribution in [0.2, 0.25) is 0 Å². The summed E-state index contributed by atoms with van der Waals surface area (Å²) >= 11 is 0. The first-order chi connectivity index (χ1) is 8.90. The normalized spacial score (nSPS) is 16.7. The highest BCUT2D eigenvalue weighted by atomic mass is 16.2. The second-order valence-electron chi connectivity index (χ2n) is 5.93. The van der Waals surface area contributed by atoms with Crippen LogP contribution in [0, 0.1) is 5.41 Å². The lowest BCUT2D eigenvalue weighted by Crippen LogP contribution is -2.37. The van der Waals surface area contributed by atoms with Crippen molar-refractivity contribution in [3.8, 4) is 0 Å². The SMILES string of the molecule is CNC(c1ccc2c(c1)CC(=O)N2C)C(C)(C)CN. The van der Waals surface area contributed by atoms with Gasteiger partial charge in [-0.2, -0.15) is 0 Å². The second kappa shape index (κ2) is 4.94. The summed E-state index contributed by atoms with van der Waals surface area (Å²) in [7, 11) is 3.78. The maximum atomic E-state index is 11.7. The Hall–Kier alpha value is -1.39. The first-order valence-corrected chi connectivity index (χ1v) is 6.67. The van der Waals surface area contributed by atoms with Gasteiger partial charge in [-0.1, -0.05) is 26.0 Å². The monoisotopic (exact) mass is 261 g/mol. The van der Waals surface area contributed by atoms with E-state index in [1.54, 1.807) is 4.90 Å². The minimum Gasteiger partial charge on any atom is -0.330 e. The lowest BCUT2D eigenvalue weighted by Gasteiger charge is -2.33. The number of nitrogens with two attached hydrogens (primary N) is 1. The fraction of sp³-hybridized carbons (Fsp3) is 0.533. The molecule has 1 amide bonds. The Morgan fingerprint density at radius 3 is 2.74 bits per heavy atom. The van der Waals surface area contributed by atoms with Crippen LogP contribution in [0.15, 0.2) is 18.2 Å². The lowest BCUT2D eigenvalue weighted by molar-refractivity contribution is -0.117. The summed E-state index contributed by atoms with van der Waals surface area (Å²) < 4.78 is 0. The molecule has 0 bridgehead atoms. The standard InChI is InChI=1S/C15H23N3O/c1-15(2,9-16)14(17-3)10-5-6-12-11(7-10)8-13(19)18(12)4/h5-7,14,17H,8-9,16H2,1-4H3. The first-order valence-electron chi connectivity index (χ1n) is 6.67. The van der Waals surface area contributed by atoms with E-state index in [1.807, 2.05) is 20.2 Å². The van der Waals surface area contributed by atoms with Gasteiger partial charge in [0.15, 0.2) is 0 Å². The van der Waals surface area contributed by atoms with Gasteiger partial charge in [-0.15, -0.1) is 0 Å². The van der Waals surface area contributed by atoms with E-state index in [1.165, 1.54) is 5.56 Å². The Morgan fingerprint density at radius 1 is 1.47 bits per heavy atom. The van der Waals surface area contributed by atoms with Crippen molar-refractivity contribution in [3.63, 3.8) is 0 Å². The third-order valence-corrected chi connectivity index (χ3v) is 4.11. The zero-order valence-corrected chi connectivity index (χ0v) is 12.2. The fourth-order valence-corrected chi connectivity index (χ4v) is 2.80. The molecule has 0 aromatic heterocycles. The number of nitrogens with zero attached hydrogens (tertiary/aromatic N) is 1. The molecule has 1 atom stereocenters. The molecule has 0 aliphatic carbocycles. The number of fused-ring (bicyclic) bond motifs is 1. The highest BCUT2D eigenvalue weighted by Gasteiger charge is 2.30. The molecule has 0 saturated heterocycles. The molecule has 104 valence electrons. The zero-order chi connectivity index (χ0) is 14.2. The minimum absolute atomic E-state index is 0.0303. The van der Waals surface area contributed by atoms with Crippen LogP contribution in [0.4, 0.5) is 5.69 Å². The van der Waals surface area contributed by atoms with Crippen LogP contribution < -0.4 is 16.0 Å². The van der Waals surface area contributed by atoms with Gasteiger partial charge in [0.05, 0.1) is 6.42 Å². The quantitative estimate of drug-likeness (QED) is 0.862. The number of carbonyl (C=O) groups excluding carboxylic acids is 1. The highest BCUT2D eigenvalue weighted by molar-refractivity contribution is 6.00. The zero-order valence-electron chi connectivity index (χ0n) is 12.2. The van der Waals surface area contributed by atoms with Gasteiger partial charge in [0.25, 0.3) is 0 Å². The van der Waals surface area contributed by atoms with Crippen molar-refractivity contribution >= 4 is 11.6 Å². The molecule has 1 unspecified atom stereocenters. The smallest absolute Gasteiger partial charge is 0.231 e. The van der Waals surface area contributed by atoms with Crippen molar-refractivity contribution in [1.29, 1.82) is 0 Å². The van der Waals surface area contributed by atoms with E-state index in [0.717, 1.165) is 11.3 Å². The summed E-state index contributed by atoms with van der Waals surface area (Å²) in [6.07, 6.45) is 0.499. The van der Waals surface area contributed by atoms with Crippen molar-refractivity contribution in [2.75, 3.05) is 25.5 Å². The van der Waals surface area contributed by atoms with Crippen molar-refractivity contribution < 1.29 is 4.79 Å². The molecule has 0 saturated carbocycles. The van der Waals surface area contributed by atoms with Crippen LogP contribution in [0.5, 0.6) is 0 Å². The number of benzene rings is 1. The van der Waals surface area contributed by atoms with Crippen LogP contribution >= 0.6 is 0 Å².